The Bertz CT molecular complexity index is 153. The summed E-state index contributed by atoms with van der Waals surface area (Å²) in [5.74, 6) is 0. The standard InChI is InChI=1S/C7H11NO2/c1-4-6(5-8)7(9-2)10-3/h4,7H,1-3H3/b6-4-. The number of methoxy groups -OCH3 is 2. The Morgan fingerprint density at radius 1 is 1.50 bits per heavy atom. The molecule has 3 nitrogen and oxygen atoms in total. The van der Waals surface area contributed by atoms with E-state index in [-0.39, 0.29) is 0 Å². The molecule has 56 valence electrons. The quantitative estimate of drug-likeness (QED) is 0.436. The minimum absolute atomic E-state index is 0.491. The maximum Gasteiger partial charge on any atom is 0.192 e. The zero-order valence-corrected chi connectivity index (χ0v) is 6.42. The van der Waals surface area contributed by atoms with E-state index in [4.69, 9.17) is 14.7 Å². The molecular weight excluding hydrogens is 130 g/mol. The topological polar surface area (TPSA) is 42.2 Å². The Labute approximate surface area is 60.9 Å². The van der Waals surface area contributed by atoms with Crippen molar-refractivity contribution in [2.45, 2.75) is 13.2 Å². The first-order valence-electron chi connectivity index (χ1n) is 2.92. The maximum atomic E-state index is 8.48. The van der Waals surface area contributed by atoms with Crippen LogP contribution in [0.4, 0.5) is 0 Å². The Kier molecular flexibility index (Phi) is 4.55. The summed E-state index contributed by atoms with van der Waals surface area (Å²) in [6, 6.07) is 1.96. The molecule has 0 rings (SSSR count). The number of hydrogen-bond acceptors (Lipinski definition) is 3. The minimum atomic E-state index is -0.519. The van der Waals surface area contributed by atoms with Crippen LogP contribution in [0.5, 0.6) is 0 Å². The fourth-order valence-electron chi connectivity index (χ4n) is 0.603. The van der Waals surface area contributed by atoms with Crippen LogP contribution in [-0.2, 0) is 9.47 Å². The Hall–Kier alpha value is -0.850. The van der Waals surface area contributed by atoms with Gasteiger partial charge in [-0.3, -0.25) is 0 Å². The minimum Gasteiger partial charge on any atom is -0.351 e. The van der Waals surface area contributed by atoms with Crippen molar-refractivity contribution in [3.63, 3.8) is 0 Å². The molecule has 0 aliphatic rings. The summed E-state index contributed by atoms with van der Waals surface area (Å²) in [6.07, 6.45) is 1.15. The predicted molar refractivity (Wildman–Crippen MR) is 37.2 cm³/mol. The molecule has 0 N–H and O–H groups in total. The van der Waals surface area contributed by atoms with E-state index < -0.39 is 6.29 Å². The van der Waals surface area contributed by atoms with Gasteiger partial charge in [-0.15, -0.1) is 0 Å². The SMILES string of the molecule is C/C=C(/C#N)C(OC)OC. The van der Waals surface area contributed by atoms with Crippen molar-refractivity contribution in [1.29, 1.82) is 5.26 Å². The van der Waals surface area contributed by atoms with E-state index in [1.54, 1.807) is 13.0 Å². The van der Waals surface area contributed by atoms with E-state index >= 15 is 0 Å². The third kappa shape index (κ3) is 2.18. The molecule has 0 aromatic carbocycles. The number of hydrogen-bond donors (Lipinski definition) is 0. The van der Waals surface area contributed by atoms with Gasteiger partial charge in [0.15, 0.2) is 6.29 Å². The van der Waals surface area contributed by atoms with Crippen LogP contribution < -0.4 is 0 Å². The average Bonchev–Trinajstić information content (AvgIpc) is 2.00. The molecule has 0 bridgehead atoms. The van der Waals surface area contributed by atoms with Crippen molar-refractivity contribution in [2.75, 3.05) is 14.2 Å². The van der Waals surface area contributed by atoms with E-state index in [0.717, 1.165) is 0 Å². The normalized spacial score (nSPS) is 11.7. The lowest BCUT2D eigenvalue weighted by Gasteiger charge is -2.10. The molecule has 0 radical (unpaired) electrons. The van der Waals surface area contributed by atoms with Crippen LogP contribution >= 0.6 is 0 Å². The van der Waals surface area contributed by atoms with Gasteiger partial charge >= 0.3 is 0 Å². The highest BCUT2D eigenvalue weighted by atomic mass is 16.7. The van der Waals surface area contributed by atoms with Crippen molar-refractivity contribution in [1.82, 2.24) is 0 Å². The molecule has 3 heteroatoms. The van der Waals surface area contributed by atoms with Gasteiger partial charge in [0.05, 0.1) is 11.6 Å². The average molecular weight is 141 g/mol. The second-order valence-electron chi connectivity index (χ2n) is 1.66. The molecule has 0 atom stereocenters. The first-order chi connectivity index (χ1) is 4.79. The molecule has 0 aromatic heterocycles. The monoisotopic (exact) mass is 141 g/mol. The zero-order valence-electron chi connectivity index (χ0n) is 6.42. The molecule has 0 saturated heterocycles. The second kappa shape index (κ2) is 4.98. The van der Waals surface area contributed by atoms with Crippen molar-refractivity contribution in [2.24, 2.45) is 0 Å². The van der Waals surface area contributed by atoms with Crippen LogP contribution in [0.2, 0.25) is 0 Å². The summed E-state index contributed by atoms with van der Waals surface area (Å²) in [7, 11) is 2.99. The summed E-state index contributed by atoms with van der Waals surface area (Å²) in [5.41, 5.74) is 0.491. The van der Waals surface area contributed by atoms with E-state index in [0.29, 0.717) is 5.57 Å². The summed E-state index contributed by atoms with van der Waals surface area (Å²) in [5, 5.41) is 8.48. The first-order valence-corrected chi connectivity index (χ1v) is 2.92. The highest BCUT2D eigenvalue weighted by Gasteiger charge is 2.09. The summed E-state index contributed by atoms with van der Waals surface area (Å²) in [6.45, 7) is 1.77. The highest BCUT2D eigenvalue weighted by Crippen LogP contribution is 2.04. The Morgan fingerprint density at radius 3 is 2.10 bits per heavy atom. The molecule has 0 aliphatic carbocycles. The molecule has 0 spiro atoms. The van der Waals surface area contributed by atoms with Gasteiger partial charge in [-0.1, -0.05) is 6.08 Å². The molecule has 0 fully saturated rings. The number of rotatable bonds is 3. The van der Waals surface area contributed by atoms with Crippen LogP contribution in [0.1, 0.15) is 6.92 Å². The van der Waals surface area contributed by atoms with Crippen LogP contribution in [0.3, 0.4) is 0 Å². The van der Waals surface area contributed by atoms with Gasteiger partial charge in [0.25, 0.3) is 0 Å². The lowest BCUT2D eigenvalue weighted by Crippen LogP contribution is -2.14. The lowest BCUT2D eigenvalue weighted by molar-refractivity contribution is -0.0719. The molecular formula is C7H11NO2. The van der Waals surface area contributed by atoms with Crippen molar-refractivity contribution in [3.05, 3.63) is 11.6 Å². The lowest BCUT2D eigenvalue weighted by atomic mass is 10.3. The molecule has 0 unspecified atom stereocenters. The van der Waals surface area contributed by atoms with Gasteiger partial charge in [0.2, 0.25) is 0 Å². The van der Waals surface area contributed by atoms with Crippen molar-refractivity contribution >= 4 is 0 Å². The van der Waals surface area contributed by atoms with Crippen LogP contribution in [0.25, 0.3) is 0 Å². The predicted octanol–water partition coefficient (Wildman–Crippen LogP) is 1.08. The smallest absolute Gasteiger partial charge is 0.192 e. The molecule has 0 amide bonds. The van der Waals surface area contributed by atoms with Gasteiger partial charge in [-0.05, 0) is 6.92 Å². The summed E-state index contributed by atoms with van der Waals surface area (Å²) < 4.78 is 9.66. The van der Waals surface area contributed by atoms with Crippen LogP contribution in [0.15, 0.2) is 11.6 Å². The van der Waals surface area contributed by atoms with E-state index in [1.165, 1.54) is 14.2 Å². The zero-order chi connectivity index (χ0) is 7.98. The van der Waals surface area contributed by atoms with Crippen molar-refractivity contribution in [3.8, 4) is 6.07 Å². The van der Waals surface area contributed by atoms with E-state index in [9.17, 15) is 0 Å². The summed E-state index contributed by atoms with van der Waals surface area (Å²) >= 11 is 0. The Morgan fingerprint density at radius 2 is 2.00 bits per heavy atom. The third-order valence-electron chi connectivity index (χ3n) is 1.12. The molecule has 10 heavy (non-hydrogen) atoms. The van der Waals surface area contributed by atoms with Gasteiger partial charge in [0, 0.05) is 14.2 Å². The fourth-order valence-corrected chi connectivity index (χ4v) is 0.603. The second-order valence-corrected chi connectivity index (χ2v) is 1.66. The molecule has 0 aromatic rings. The van der Waals surface area contributed by atoms with E-state index in [2.05, 4.69) is 0 Å². The number of nitrogens with zero attached hydrogens (tertiary/aromatic N) is 1. The highest BCUT2D eigenvalue weighted by molar-refractivity contribution is 5.22. The fraction of sp³-hybridized carbons (Fsp3) is 0.571. The Balaban J connectivity index is 4.14. The van der Waals surface area contributed by atoms with Gasteiger partial charge in [-0.2, -0.15) is 5.26 Å². The molecule has 0 heterocycles. The van der Waals surface area contributed by atoms with Crippen LogP contribution in [0, 0.1) is 11.3 Å². The van der Waals surface area contributed by atoms with Gasteiger partial charge < -0.3 is 9.47 Å². The summed E-state index contributed by atoms with van der Waals surface area (Å²) in [4.78, 5) is 0. The first kappa shape index (κ1) is 9.15. The molecule has 0 aliphatic heterocycles. The van der Waals surface area contributed by atoms with Crippen LogP contribution in [-0.4, -0.2) is 20.5 Å². The number of ether oxygens (including phenoxy) is 2. The van der Waals surface area contributed by atoms with E-state index in [1.807, 2.05) is 6.07 Å². The largest absolute Gasteiger partial charge is 0.351 e. The van der Waals surface area contributed by atoms with Crippen molar-refractivity contribution < 1.29 is 9.47 Å². The maximum absolute atomic E-state index is 8.48. The third-order valence-corrected chi connectivity index (χ3v) is 1.12. The molecule has 0 saturated carbocycles. The van der Waals surface area contributed by atoms with Gasteiger partial charge in [0.1, 0.15) is 0 Å². The van der Waals surface area contributed by atoms with Gasteiger partial charge in [-0.25, -0.2) is 0 Å². The number of allylic oxidation sites excluding steroid dienone is 1. The number of nitriles is 1.